The Morgan fingerprint density at radius 1 is 1.29 bits per heavy atom. The van der Waals surface area contributed by atoms with E-state index < -0.39 is 28.1 Å². The molecule has 9 heteroatoms. The van der Waals surface area contributed by atoms with Crippen molar-refractivity contribution in [2.75, 3.05) is 18.3 Å². The molecule has 0 aromatic heterocycles. The van der Waals surface area contributed by atoms with Crippen molar-refractivity contribution in [2.45, 2.75) is 36.3 Å². The molecule has 2 atom stereocenters. The minimum atomic E-state index is -3.98. The number of nitrogens with one attached hydrogen (secondary N) is 1. The summed E-state index contributed by atoms with van der Waals surface area (Å²) in [6.07, 6.45) is -0.143. The Labute approximate surface area is 167 Å². The van der Waals surface area contributed by atoms with Crippen molar-refractivity contribution in [1.29, 1.82) is 0 Å². The lowest BCUT2D eigenvalue weighted by Gasteiger charge is -2.38. The Morgan fingerprint density at radius 3 is 2.79 bits per heavy atom. The highest BCUT2D eigenvalue weighted by Crippen LogP contribution is 2.49. The number of anilines is 1. The molecule has 2 heterocycles. The van der Waals surface area contributed by atoms with Gasteiger partial charge in [-0.15, -0.1) is 0 Å². The molecule has 4 rings (SSSR count). The smallest absolute Gasteiger partial charge is 0.295 e. The number of sulfonamides is 1. The molecule has 150 valence electrons. The predicted octanol–water partition coefficient (Wildman–Crippen LogP) is 4.01. The molecule has 2 aromatic carbocycles. The molecule has 0 spiro atoms. The summed E-state index contributed by atoms with van der Waals surface area (Å²) in [5.41, 5.74) is 0.519. The zero-order valence-corrected chi connectivity index (χ0v) is 16.8. The number of halogens is 3. The fourth-order valence-corrected chi connectivity index (χ4v) is 5.50. The summed E-state index contributed by atoms with van der Waals surface area (Å²) >= 11 is 6.12. The van der Waals surface area contributed by atoms with Gasteiger partial charge < -0.3 is 4.74 Å². The van der Waals surface area contributed by atoms with Gasteiger partial charge >= 0.3 is 0 Å². The highest BCUT2D eigenvalue weighted by Gasteiger charge is 2.56. The number of likely N-dealkylation sites (tertiary alicyclic amines) is 1. The first kappa shape index (κ1) is 19.4. The fraction of sp³-hybridized carbons (Fsp3) is 0.368. The quantitative estimate of drug-likeness (QED) is 0.802. The molecule has 5 nitrogen and oxygen atoms in total. The third kappa shape index (κ3) is 3.03. The molecule has 0 saturated carbocycles. The molecule has 2 aliphatic rings. The number of benzene rings is 2. The van der Waals surface area contributed by atoms with Gasteiger partial charge in [0.05, 0.1) is 16.3 Å². The summed E-state index contributed by atoms with van der Waals surface area (Å²) in [6.45, 7) is 2.22. The Hall–Kier alpha value is -1.90. The molecule has 0 bridgehead atoms. The lowest BCUT2D eigenvalue weighted by Crippen LogP contribution is -2.50. The lowest BCUT2D eigenvalue weighted by atomic mass is 9.93. The summed E-state index contributed by atoms with van der Waals surface area (Å²) in [5.74, 6) is -3.09. The Kier molecular flexibility index (Phi) is 4.56. The molecule has 0 amide bonds. The zero-order valence-electron chi connectivity index (χ0n) is 15.2. The minimum Gasteiger partial charge on any atom is -0.488 e. The van der Waals surface area contributed by atoms with E-state index in [1.165, 1.54) is 24.3 Å². The lowest BCUT2D eigenvalue weighted by molar-refractivity contribution is -0.112. The van der Waals surface area contributed by atoms with Crippen molar-refractivity contribution in [2.24, 2.45) is 0 Å². The van der Waals surface area contributed by atoms with Crippen LogP contribution in [0, 0.1) is 6.92 Å². The first-order chi connectivity index (χ1) is 13.1. The van der Waals surface area contributed by atoms with E-state index in [-0.39, 0.29) is 26.9 Å². The van der Waals surface area contributed by atoms with Crippen LogP contribution in [0.5, 0.6) is 5.75 Å². The SMILES string of the molecule is Cc1cccc(S(=O)(=O)Nc2ccc3c(c2)O[C@@H]2CCN(C)C2C3(F)F)c1Cl. The molecule has 2 aromatic rings. The van der Waals surface area contributed by atoms with Crippen molar-refractivity contribution >= 4 is 27.3 Å². The van der Waals surface area contributed by atoms with E-state index in [9.17, 15) is 17.2 Å². The van der Waals surface area contributed by atoms with Crippen molar-refractivity contribution in [3.63, 3.8) is 0 Å². The largest absolute Gasteiger partial charge is 0.488 e. The molecule has 1 saturated heterocycles. The Balaban J connectivity index is 1.68. The van der Waals surface area contributed by atoms with Crippen LogP contribution < -0.4 is 9.46 Å². The standard InChI is InChI=1S/C19H19ClF2N2O3S/c1-11-4-3-5-16(17(11)20)28(25,26)23-12-6-7-13-15(10-12)27-14-8-9-24(2)18(14)19(13,21)22/h3-7,10,14,18,23H,8-9H2,1-2H3/t14-,18?/m1/s1. The second-order valence-electron chi connectivity index (χ2n) is 7.20. The number of hydrogen-bond acceptors (Lipinski definition) is 4. The second kappa shape index (κ2) is 6.57. The van der Waals surface area contributed by atoms with Crippen molar-refractivity contribution in [3.05, 3.63) is 52.5 Å². The van der Waals surface area contributed by atoms with Crippen LogP contribution >= 0.6 is 11.6 Å². The topological polar surface area (TPSA) is 58.6 Å². The van der Waals surface area contributed by atoms with Gasteiger partial charge in [0.25, 0.3) is 15.9 Å². The van der Waals surface area contributed by atoms with Gasteiger partial charge in [0.15, 0.2) is 0 Å². The molecule has 0 radical (unpaired) electrons. The van der Waals surface area contributed by atoms with E-state index in [0.29, 0.717) is 18.5 Å². The summed E-state index contributed by atoms with van der Waals surface area (Å²) < 4.78 is 63.5. The zero-order chi connectivity index (χ0) is 20.3. The average molecular weight is 429 g/mol. The van der Waals surface area contributed by atoms with Gasteiger partial charge in [-0.2, -0.15) is 8.78 Å². The van der Waals surface area contributed by atoms with E-state index >= 15 is 0 Å². The number of likely N-dealkylation sites (N-methyl/N-ethyl adjacent to an activating group) is 1. The van der Waals surface area contributed by atoms with Gasteiger partial charge in [-0.3, -0.25) is 9.62 Å². The van der Waals surface area contributed by atoms with Gasteiger partial charge in [-0.05, 0) is 44.2 Å². The van der Waals surface area contributed by atoms with Crippen molar-refractivity contribution < 1.29 is 21.9 Å². The number of ether oxygens (including phenoxy) is 1. The molecule has 2 aliphatic heterocycles. The van der Waals surface area contributed by atoms with Crippen molar-refractivity contribution in [3.8, 4) is 5.75 Å². The summed E-state index contributed by atoms with van der Waals surface area (Å²) in [7, 11) is -2.33. The van der Waals surface area contributed by atoms with Gasteiger partial charge in [0, 0.05) is 12.6 Å². The number of nitrogens with zero attached hydrogens (tertiary/aromatic N) is 1. The third-order valence-electron chi connectivity index (χ3n) is 5.28. The minimum absolute atomic E-state index is 0.00270. The van der Waals surface area contributed by atoms with E-state index in [0.717, 1.165) is 0 Å². The molecular formula is C19H19ClF2N2O3S. The van der Waals surface area contributed by atoms with Gasteiger partial charge in [-0.1, -0.05) is 23.7 Å². The second-order valence-corrected chi connectivity index (χ2v) is 9.23. The van der Waals surface area contributed by atoms with E-state index in [2.05, 4.69) is 4.72 Å². The first-order valence-corrected chi connectivity index (χ1v) is 10.6. The van der Waals surface area contributed by atoms with Crippen LogP contribution in [0.15, 0.2) is 41.3 Å². The van der Waals surface area contributed by atoms with E-state index in [1.54, 1.807) is 31.0 Å². The fourth-order valence-electron chi connectivity index (χ4n) is 3.86. The van der Waals surface area contributed by atoms with Crippen LogP contribution in [-0.4, -0.2) is 39.1 Å². The highest BCUT2D eigenvalue weighted by molar-refractivity contribution is 7.92. The molecule has 0 aliphatic carbocycles. The molecule has 1 N–H and O–H groups in total. The van der Waals surface area contributed by atoms with Gasteiger partial charge in [0.1, 0.15) is 22.8 Å². The Morgan fingerprint density at radius 2 is 2.04 bits per heavy atom. The number of alkyl halides is 2. The number of hydrogen-bond donors (Lipinski definition) is 1. The van der Waals surface area contributed by atoms with Crippen LogP contribution in [0.25, 0.3) is 0 Å². The third-order valence-corrected chi connectivity index (χ3v) is 7.32. The highest BCUT2D eigenvalue weighted by atomic mass is 35.5. The van der Waals surface area contributed by atoms with Crippen molar-refractivity contribution in [1.82, 2.24) is 4.90 Å². The predicted molar refractivity (Wildman–Crippen MR) is 103 cm³/mol. The van der Waals surface area contributed by atoms with Gasteiger partial charge in [0.2, 0.25) is 0 Å². The molecular weight excluding hydrogens is 410 g/mol. The summed E-state index contributed by atoms with van der Waals surface area (Å²) in [5, 5.41) is 0.118. The van der Waals surface area contributed by atoms with Crippen LogP contribution in [0.3, 0.4) is 0 Å². The van der Waals surface area contributed by atoms with Crippen LogP contribution in [0.1, 0.15) is 17.5 Å². The first-order valence-electron chi connectivity index (χ1n) is 8.78. The maximum absolute atomic E-state index is 15.0. The maximum Gasteiger partial charge on any atom is 0.295 e. The van der Waals surface area contributed by atoms with Gasteiger partial charge in [-0.25, -0.2) is 8.42 Å². The number of fused-ring (bicyclic) bond motifs is 2. The van der Waals surface area contributed by atoms with Crippen LogP contribution in [0.2, 0.25) is 5.02 Å². The Bertz CT molecular complexity index is 1050. The maximum atomic E-state index is 15.0. The molecule has 28 heavy (non-hydrogen) atoms. The monoisotopic (exact) mass is 428 g/mol. The number of rotatable bonds is 3. The van der Waals surface area contributed by atoms with E-state index in [1.807, 2.05) is 0 Å². The average Bonchev–Trinajstić information content (AvgIpc) is 2.98. The van der Waals surface area contributed by atoms with Crippen LogP contribution in [-0.2, 0) is 15.9 Å². The normalized spacial score (nSPS) is 23.6. The number of aryl methyl sites for hydroxylation is 1. The van der Waals surface area contributed by atoms with E-state index in [4.69, 9.17) is 16.3 Å². The summed E-state index contributed by atoms with van der Waals surface area (Å²) in [4.78, 5) is 1.53. The summed E-state index contributed by atoms with van der Waals surface area (Å²) in [6, 6.07) is 7.49. The molecule has 1 unspecified atom stereocenters. The molecule has 1 fully saturated rings. The van der Waals surface area contributed by atoms with Crippen LogP contribution in [0.4, 0.5) is 14.5 Å².